The van der Waals surface area contributed by atoms with Crippen LogP contribution >= 0.6 is 0 Å². The van der Waals surface area contributed by atoms with Gasteiger partial charge in [-0.05, 0) is 40.5 Å². The van der Waals surface area contributed by atoms with Crippen LogP contribution in [0.15, 0.2) is 0 Å². The molecule has 0 spiro atoms. The van der Waals surface area contributed by atoms with Gasteiger partial charge in [-0.15, -0.1) is 0 Å². The lowest BCUT2D eigenvalue weighted by molar-refractivity contribution is -0.149. The fourth-order valence-electron chi connectivity index (χ4n) is 3.24. The summed E-state index contributed by atoms with van der Waals surface area (Å²) in [6.07, 6.45) is 0.474. The van der Waals surface area contributed by atoms with Gasteiger partial charge in [-0.25, -0.2) is 0 Å². The Bertz CT molecular complexity index is 865. The van der Waals surface area contributed by atoms with E-state index in [1.54, 1.807) is 27.7 Å². The quantitative estimate of drug-likeness (QED) is 0.102. The van der Waals surface area contributed by atoms with Crippen LogP contribution in [0.5, 0.6) is 0 Å². The van der Waals surface area contributed by atoms with Gasteiger partial charge in [0.2, 0.25) is 0 Å². The highest BCUT2D eigenvalue weighted by Crippen LogP contribution is 2.16. The number of unbranched alkanes of at least 4 members (excludes halogenated alkanes) is 1. The molecular formula is C28H46O14. The maximum atomic E-state index is 12.5. The summed E-state index contributed by atoms with van der Waals surface area (Å²) in [5.41, 5.74) is -2.15. The van der Waals surface area contributed by atoms with Crippen LogP contribution in [0.2, 0.25) is 0 Å². The Morgan fingerprint density at radius 2 is 0.857 bits per heavy atom. The number of carboxylic acid groups (broad SMARTS) is 2. The average Bonchev–Trinajstić information content (AvgIpc) is 2.91. The van der Waals surface area contributed by atoms with Crippen molar-refractivity contribution in [3.8, 4) is 0 Å². The van der Waals surface area contributed by atoms with Crippen molar-refractivity contribution < 1.29 is 67.4 Å². The van der Waals surface area contributed by atoms with E-state index in [1.807, 2.05) is 0 Å². The van der Waals surface area contributed by atoms with Crippen molar-refractivity contribution in [1.29, 1.82) is 0 Å². The van der Waals surface area contributed by atoms with Crippen LogP contribution in [0.1, 0.15) is 79.1 Å². The van der Waals surface area contributed by atoms with Gasteiger partial charge in [0.1, 0.15) is 24.4 Å². The van der Waals surface area contributed by atoms with Gasteiger partial charge in [0.25, 0.3) is 0 Å². The molecule has 0 aromatic rings. The third-order valence-electron chi connectivity index (χ3n) is 5.85. The molecule has 0 saturated carbocycles. The predicted molar refractivity (Wildman–Crippen MR) is 146 cm³/mol. The molecule has 0 fully saturated rings. The van der Waals surface area contributed by atoms with Gasteiger partial charge in [0, 0.05) is 19.3 Å². The van der Waals surface area contributed by atoms with E-state index in [-0.39, 0.29) is 103 Å². The third kappa shape index (κ3) is 20.9. The number of carboxylic acids is 2. The molecule has 0 amide bonds. The first-order valence-electron chi connectivity index (χ1n) is 13.9. The van der Waals surface area contributed by atoms with Gasteiger partial charge in [-0.1, -0.05) is 0 Å². The van der Waals surface area contributed by atoms with Crippen LogP contribution in [-0.4, -0.2) is 110 Å². The highest BCUT2D eigenvalue weighted by Gasteiger charge is 2.28. The number of hydrogen-bond donors (Lipinski definition) is 2. The third-order valence-corrected chi connectivity index (χ3v) is 5.85. The van der Waals surface area contributed by atoms with E-state index in [9.17, 15) is 28.8 Å². The van der Waals surface area contributed by atoms with E-state index in [1.165, 1.54) is 0 Å². The van der Waals surface area contributed by atoms with Gasteiger partial charge in [0.05, 0.1) is 58.9 Å². The minimum absolute atomic E-state index is 0.00826. The summed E-state index contributed by atoms with van der Waals surface area (Å²) < 4.78 is 31.6. The Balaban J connectivity index is 3.82. The van der Waals surface area contributed by atoms with Gasteiger partial charge >= 0.3 is 23.9 Å². The standard InChI is InChI=1S/C28H46O14/c1-27(2,41-19-15-38-14-18-40-26(36)12-11-24(33)34)21(29)7-5-6-8-25(35)39-17-13-37-16-20-42-28(3,4)22(30)9-10-23(31)32/h5-20H2,1-4H3,(H,31,32)(H,33,34). The SMILES string of the molecule is CC(C)(OCCOCCOC(=O)CCC(=O)O)C(=O)CCCCC(=O)OCCOCCOC(C)(C)C(=O)CCC(=O)O. The largest absolute Gasteiger partial charge is 0.481 e. The number of carbonyl (C=O) groups is 6. The Labute approximate surface area is 246 Å². The molecule has 0 aliphatic heterocycles. The Morgan fingerprint density at radius 3 is 1.33 bits per heavy atom. The number of aliphatic carboxylic acids is 2. The molecule has 0 unspecified atom stereocenters. The molecular weight excluding hydrogens is 560 g/mol. The van der Waals surface area contributed by atoms with E-state index in [2.05, 4.69) is 0 Å². The summed E-state index contributed by atoms with van der Waals surface area (Å²) in [6, 6.07) is 0. The molecule has 14 heteroatoms. The highest BCUT2D eigenvalue weighted by molar-refractivity contribution is 5.89. The lowest BCUT2D eigenvalue weighted by Gasteiger charge is -2.24. The molecule has 14 nitrogen and oxygen atoms in total. The topological polar surface area (TPSA) is 198 Å². The summed E-state index contributed by atoms with van der Waals surface area (Å²) in [5, 5.41) is 17.2. The van der Waals surface area contributed by atoms with E-state index >= 15 is 0 Å². The number of ketones is 2. The number of Topliss-reactive ketones (excluding diaryl/α,β-unsaturated/α-hetero) is 2. The molecule has 0 atom stereocenters. The van der Waals surface area contributed by atoms with Gasteiger partial charge < -0.3 is 38.6 Å². The zero-order valence-electron chi connectivity index (χ0n) is 25.1. The van der Waals surface area contributed by atoms with E-state index in [4.69, 9.17) is 38.6 Å². The van der Waals surface area contributed by atoms with Crippen molar-refractivity contribution in [2.45, 2.75) is 90.3 Å². The fraction of sp³-hybridized carbons (Fsp3) is 0.786. The van der Waals surface area contributed by atoms with E-state index < -0.39 is 35.1 Å². The minimum Gasteiger partial charge on any atom is -0.481 e. The summed E-state index contributed by atoms with van der Waals surface area (Å²) in [5.74, 6) is -3.58. The smallest absolute Gasteiger partial charge is 0.306 e. The molecule has 2 N–H and O–H groups in total. The molecule has 0 aliphatic rings. The number of carbonyl (C=O) groups excluding carboxylic acids is 4. The van der Waals surface area contributed by atoms with E-state index in [0.29, 0.717) is 12.8 Å². The van der Waals surface area contributed by atoms with E-state index in [0.717, 1.165) is 0 Å². The Morgan fingerprint density at radius 1 is 0.476 bits per heavy atom. The van der Waals surface area contributed by atoms with Crippen LogP contribution < -0.4 is 0 Å². The first-order valence-corrected chi connectivity index (χ1v) is 13.9. The van der Waals surface area contributed by atoms with Gasteiger partial charge in [-0.2, -0.15) is 0 Å². The van der Waals surface area contributed by atoms with Crippen LogP contribution in [-0.2, 0) is 57.2 Å². The molecule has 0 heterocycles. The van der Waals surface area contributed by atoms with Crippen molar-refractivity contribution in [3.05, 3.63) is 0 Å². The molecule has 42 heavy (non-hydrogen) atoms. The molecule has 0 aromatic carbocycles. The maximum absolute atomic E-state index is 12.5. The number of hydrogen-bond acceptors (Lipinski definition) is 12. The molecule has 0 radical (unpaired) electrons. The van der Waals surface area contributed by atoms with Gasteiger partial charge in [-0.3, -0.25) is 28.8 Å². The summed E-state index contributed by atoms with van der Waals surface area (Å²) >= 11 is 0. The van der Waals surface area contributed by atoms with Crippen molar-refractivity contribution in [3.63, 3.8) is 0 Å². The Hall–Kier alpha value is -2.94. The second-order valence-corrected chi connectivity index (χ2v) is 10.2. The summed E-state index contributed by atoms with van der Waals surface area (Å²) in [4.78, 5) is 68.6. The monoisotopic (exact) mass is 606 g/mol. The number of rotatable bonds is 27. The van der Waals surface area contributed by atoms with Crippen molar-refractivity contribution in [2.24, 2.45) is 0 Å². The lowest BCUT2D eigenvalue weighted by atomic mass is 9.98. The lowest BCUT2D eigenvalue weighted by Crippen LogP contribution is -2.36. The first-order chi connectivity index (χ1) is 19.7. The molecule has 0 saturated heterocycles. The second kappa shape index (κ2) is 21.7. The van der Waals surface area contributed by atoms with Gasteiger partial charge in [0.15, 0.2) is 11.6 Å². The number of ether oxygens (including phenoxy) is 6. The summed E-state index contributed by atoms with van der Waals surface area (Å²) in [7, 11) is 0. The zero-order chi connectivity index (χ0) is 32.0. The molecule has 0 aliphatic carbocycles. The highest BCUT2D eigenvalue weighted by atomic mass is 16.6. The normalized spacial score (nSPS) is 11.6. The molecule has 0 bridgehead atoms. The minimum atomic E-state index is -1.12. The zero-order valence-corrected chi connectivity index (χ0v) is 25.1. The van der Waals surface area contributed by atoms with Crippen molar-refractivity contribution in [2.75, 3.05) is 52.9 Å². The fourth-order valence-corrected chi connectivity index (χ4v) is 3.24. The summed E-state index contributed by atoms with van der Waals surface area (Å²) in [6.45, 7) is 7.36. The van der Waals surface area contributed by atoms with Crippen molar-refractivity contribution >= 4 is 35.4 Å². The first kappa shape index (κ1) is 39.1. The number of esters is 2. The predicted octanol–water partition coefficient (Wildman–Crippen LogP) is 2.12. The van der Waals surface area contributed by atoms with Crippen LogP contribution in [0, 0.1) is 0 Å². The molecule has 242 valence electrons. The van der Waals surface area contributed by atoms with Crippen molar-refractivity contribution in [1.82, 2.24) is 0 Å². The molecule has 0 rings (SSSR count). The second-order valence-electron chi connectivity index (χ2n) is 10.2. The van der Waals surface area contributed by atoms with Crippen LogP contribution in [0.25, 0.3) is 0 Å². The van der Waals surface area contributed by atoms with Crippen LogP contribution in [0.3, 0.4) is 0 Å². The Kier molecular flexibility index (Phi) is 20.2. The molecule has 0 aromatic heterocycles. The van der Waals surface area contributed by atoms with Crippen LogP contribution in [0.4, 0.5) is 0 Å². The average molecular weight is 607 g/mol. The maximum Gasteiger partial charge on any atom is 0.306 e.